The van der Waals surface area contributed by atoms with E-state index in [2.05, 4.69) is 4.98 Å². The normalized spacial score (nSPS) is 12.9. The van der Waals surface area contributed by atoms with Crippen LogP contribution >= 0.6 is 11.3 Å². The minimum atomic E-state index is -3.28. The maximum Gasteiger partial charge on any atom is 0.255 e. The summed E-state index contributed by atoms with van der Waals surface area (Å²) in [4.78, 5) is 18.4. The lowest BCUT2D eigenvalue weighted by Crippen LogP contribution is -2.33. The second-order valence-corrected chi connectivity index (χ2v) is 8.13. The quantitative estimate of drug-likeness (QED) is 0.841. The molecule has 1 unspecified atom stereocenters. The average molecular weight is 338 g/mol. The number of nitrogens with zero attached hydrogens (tertiary/aromatic N) is 2. The minimum absolute atomic E-state index is 0.132. The van der Waals surface area contributed by atoms with Gasteiger partial charge in [-0.3, -0.25) is 9.78 Å². The first kappa shape index (κ1) is 16.6. The summed E-state index contributed by atoms with van der Waals surface area (Å²) in [5.41, 5.74) is 1.35. The zero-order chi connectivity index (χ0) is 16.3. The summed E-state index contributed by atoms with van der Waals surface area (Å²) in [5.74, 6) is -0.176. The number of pyridine rings is 1. The fourth-order valence-electron chi connectivity index (χ4n) is 2.19. The molecule has 5 nitrogen and oxygen atoms in total. The Bertz CT molecular complexity index is 754. The van der Waals surface area contributed by atoms with E-state index in [0.29, 0.717) is 12.1 Å². The number of sulfone groups is 1. The van der Waals surface area contributed by atoms with Gasteiger partial charge in [0.15, 0.2) is 9.84 Å². The predicted molar refractivity (Wildman–Crippen MR) is 86.8 cm³/mol. The Morgan fingerprint density at radius 1 is 1.45 bits per heavy atom. The molecule has 0 aromatic carbocycles. The highest BCUT2D eigenvalue weighted by molar-refractivity contribution is 7.92. The molecule has 7 heteroatoms. The fraction of sp³-hybridized carbons (Fsp3) is 0.333. The topological polar surface area (TPSA) is 67.3 Å². The Labute approximate surface area is 134 Å². The van der Waals surface area contributed by atoms with Crippen LogP contribution in [0, 0.1) is 0 Å². The average Bonchev–Trinajstić information content (AvgIpc) is 2.98. The molecule has 0 aliphatic heterocycles. The lowest BCUT2D eigenvalue weighted by Gasteiger charge is -2.28. The number of aromatic nitrogens is 1. The number of rotatable bonds is 5. The van der Waals surface area contributed by atoms with Gasteiger partial charge in [0.25, 0.3) is 5.91 Å². The summed E-state index contributed by atoms with van der Waals surface area (Å²) in [6.07, 6.45) is 4.56. The summed E-state index contributed by atoms with van der Waals surface area (Å²) < 4.78 is 23.3. The van der Waals surface area contributed by atoms with E-state index in [-0.39, 0.29) is 16.2 Å². The van der Waals surface area contributed by atoms with E-state index in [1.54, 1.807) is 22.7 Å². The van der Waals surface area contributed by atoms with Gasteiger partial charge in [0, 0.05) is 30.6 Å². The van der Waals surface area contributed by atoms with Crippen molar-refractivity contribution in [1.82, 2.24) is 9.88 Å². The van der Waals surface area contributed by atoms with Crippen LogP contribution in [0.3, 0.4) is 0 Å². The Morgan fingerprint density at radius 3 is 2.68 bits per heavy atom. The first-order chi connectivity index (χ1) is 10.3. The zero-order valence-electron chi connectivity index (χ0n) is 12.7. The molecule has 1 amide bonds. The third-order valence-electron chi connectivity index (χ3n) is 3.42. The first-order valence-electron chi connectivity index (χ1n) is 6.84. The van der Waals surface area contributed by atoms with Gasteiger partial charge in [0.2, 0.25) is 0 Å². The lowest BCUT2D eigenvalue weighted by molar-refractivity contribution is 0.0702. The van der Waals surface area contributed by atoms with Gasteiger partial charge in [0.05, 0.1) is 11.6 Å². The molecule has 0 bridgehead atoms. The van der Waals surface area contributed by atoms with Gasteiger partial charge in [-0.05, 0) is 31.5 Å². The molecular weight excluding hydrogens is 320 g/mol. The fourth-order valence-corrected chi connectivity index (χ4v) is 3.98. The molecule has 22 heavy (non-hydrogen) atoms. The van der Waals surface area contributed by atoms with Crippen LogP contribution in [0.5, 0.6) is 0 Å². The number of amides is 1. The van der Waals surface area contributed by atoms with Crippen LogP contribution in [0.15, 0.2) is 40.2 Å². The van der Waals surface area contributed by atoms with Crippen LogP contribution in [0.2, 0.25) is 0 Å². The van der Waals surface area contributed by atoms with E-state index in [1.165, 1.54) is 6.07 Å². The monoisotopic (exact) mass is 338 g/mol. The van der Waals surface area contributed by atoms with E-state index >= 15 is 0 Å². The molecule has 2 aromatic rings. The van der Waals surface area contributed by atoms with E-state index in [0.717, 1.165) is 23.2 Å². The van der Waals surface area contributed by atoms with Crippen LogP contribution in [0.25, 0.3) is 0 Å². The molecule has 0 radical (unpaired) electrons. The van der Waals surface area contributed by atoms with Crippen molar-refractivity contribution in [1.29, 1.82) is 0 Å². The number of thiophene rings is 1. The van der Waals surface area contributed by atoms with Crippen molar-refractivity contribution in [3.8, 4) is 0 Å². The lowest BCUT2D eigenvalue weighted by atomic mass is 10.1. The van der Waals surface area contributed by atoms with Crippen molar-refractivity contribution in [2.75, 3.05) is 12.8 Å². The van der Waals surface area contributed by atoms with Gasteiger partial charge in [-0.2, -0.15) is 0 Å². The van der Waals surface area contributed by atoms with Crippen LogP contribution in [-0.4, -0.2) is 37.0 Å². The second-order valence-electron chi connectivity index (χ2n) is 4.98. The number of carbonyl (C=O) groups excluding carboxylic acids is 1. The molecule has 0 saturated carbocycles. The highest BCUT2D eigenvalue weighted by Crippen LogP contribution is 2.25. The van der Waals surface area contributed by atoms with Crippen molar-refractivity contribution in [2.24, 2.45) is 0 Å². The molecule has 2 rings (SSSR count). The molecular formula is C15H18N2O3S2. The van der Waals surface area contributed by atoms with Gasteiger partial charge in [-0.1, -0.05) is 6.07 Å². The van der Waals surface area contributed by atoms with Crippen molar-refractivity contribution >= 4 is 27.1 Å². The van der Waals surface area contributed by atoms with Crippen molar-refractivity contribution in [3.63, 3.8) is 0 Å². The smallest absolute Gasteiger partial charge is 0.255 e. The van der Waals surface area contributed by atoms with Crippen molar-refractivity contribution < 1.29 is 13.2 Å². The Morgan fingerprint density at radius 2 is 2.18 bits per heavy atom. The predicted octanol–water partition coefficient (Wildman–Crippen LogP) is 2.77. The SMILES string of the molecule is CCN(C(=O)c1csc(S(C)(=O)=O)c1)C(C)c1cccnc1. The molecule has 1 atom stereocenters. The Hall–Kier alpha value is -1.73. The third kappa shape index (κ3) is 3.53. The first-order valence-corrected chi connectivity index (χ1v) is 9.61. The number of hydrogen-bond acceptors (Lipinski definition) is 5. The van der Waals surface area contributed by atoms with Gasteiger partial charge in [-0.15, -0.1) is 11.3 Å². The third-order valence-corrected chi connectivity index (χ3v) is 6.19. The molecule has 2 heterocycles. The van der Waals surface area contributed by atoms with Gasteiger partial charge in [-0.25, -0.2) is 8.42 Å². The van der Waals surface area contributed by atoms with E-state index in [1.807, 2.05) is 26.0 Å². The summed E-state index contributed by atoms with van der Waals surface area (Å²) >= 11 is 1.07. The Kier molecular flexibility index (Phi) is 4.97. The maximum absolute atomic E-state index is 12.6. The second kappa shape index (κ2) is 6.58. The summed E-state index contributed by atoms with van der Waals surface area (Å²) in [7, 11) is -3.28. The minimum Gasteiger partial charge on any atom is -0.332 e. The molecule has 0 fully saturated rings. The van der Waals surface area contributed by atoms with E-state index in [4.69, 9.17) is 0 Å². The maximum atomic E-state index is 12.6. The number of carbonyl (C=O) groups is 1. The van der Waals surface area contributed by atoms with Crippen molar-refractivity contribution in [3.05, 3.63) is 47.1 Å². The molecule has 0 spiro atoms. The van der Waals surface area contributed by atoms with Crippen LogP contribution in [-0.2, 0) is 9.84 Å². The molecule has 0 aliphatic rings. The van der Waals surface area contributed by atoms with Crippen LogP contribution in [0.1, 0.15) is 35.8 Å². The zero-order valence-corrected chi connectivity index (χ0v) is 14.3. The molecule has 118 valence electrons. The van der Waals surface area contributed by atoms with Crippen LogP contribution in [0.4, 0.5) is 0 Å². The standard InChI is InChI=1S/C15H18N2O3S2/c1-4-17(11(2)12-6-5-7-16-9-12)15(18)13-8-14(21-10-13)22(3,19)20/h5-11H,4H2,1-3H3. The van der Waals surface area contributed by atoms with Crippen LogP contribution < -0.4 is 0 Å². The van der Waals surface area contributed by atoms with E-state index < -0.39 is 9.84 Å². The van der Waals surface area contributed by atoms with Gasteiger partial charge in [0.1, 0.15) is 4.21 Å². The van der Waals surface area contributed by atoms with Gasteiger partial charge < -0.3 is 4.90 Å². The van der Waals surface area contributed by atoms with E-state index in [9.17, 15) is 13.2 Å². The summed E-state index contributed by atoms with van der Waals surface area (Å²) in [5, 5.41) is 1.59. The summed E-state index contributed by atoms with van der Waals surface area (Å²) in [6, 6.07) is 5.06. The molecule has 2 aromatic heterocycles. The molecule has 0 saturated heterocycles. The number of hydrogen-bond donors (Lipinski definition) is 0. The molecule has 0 N–H and O–H groups in total. The highest BCUT2D eigenvalue weighted by Gasteiger charge is 2.23. The van der Waals surface area contributed by atoms with Gasteiger partial charge >= 0.3 is 0 Å². The van der Waals surface area contributed by atoms with Crippen molar-refractivity contribution in [2.45, 2.75) is 24.1 Å². The summed E-state index contributed by atoms with van der Waals surface area (Å²) in [6.45, 7) is 4.36. The molecule has 0 aliphatic carbocycles. The largest absolute Gasteiger partial charge is 0.332 e. The highest BCUT2D eigenvalue weighted by atomic mass is 32.2. The Balaban J connectivity index is 2.28.